The lowest BCUT2D eigenvalue weighted by atomic mass is 10.3. The van der Waals surface area contributed by atoms with Crippen molar-refractivity contribution in [2.24, 2.45) is 0 Å². The summed E-state index contributed by atoms with van der Waals surface area (Å²) in [5, 5.41) is 6.63. The summed E-state index contributed by atoms with van der Waals surface area (Å²) in [6.45, 7) is 0.173. The van der Waals surface area contributed by atoms with Gasteiger partial charge in [-0.3, -0.25) is 4.79 Å². The Morgan fingerprint density at radius 2 is 2.12 bits per heavy atom. The van der Waals surface area contributed by atoms with E-state index in [-0.39, 0.29) is 12.5 Å². The molecule has 16 heavy (non-hydrogen) atoms. The standard InChI is InChI=1S/C10H9IN4O/c11-8-1-3-9(4-2-8)14-10(16)5-15-7-12-6-13-15/h1-4,6-7H,5H2,(H,14,16). The fourth-order valence-electron chi connectivity index (χ4n) is 1.20. The van der Waals surface area contributed by atoms with Crippen molar-refractivity contribution in [2.45, 2.75) is 6.54 Å². The van der Waals surface area contributed by atoms with Crippen molar-refractivity contribution in [3.8, 4) is 0 Å². The molecule has 6 heteroatoms. The Morgan fingerprint density at radius 3 is 2.75 bits per heavy atom. The number of nitrogens with zero attached hydrogens (tertiary/aromatic N) is 3. The quantitative estimate of drug-likeness (QED) is 0.869. The van der Waals surface area contributed by atoms with Crippen molar-refractivity contribution in [3.05, 3.63) is 40.5 Å². The zero-order chi connectivity index (χ0) is 11.4. The van der Waals surface area contributed by atoms with Crippen LogP contribution in [0.4, 0.5) is 5.69 Å². The molecule has 1 amide bonds. The largest absolute Gasteiger partial charge is 0.324 e. The van der Waals surface area contributed by atoms with Crippen LogP contribution in [0.25, 0.3) is 0 Å². The van der Waals surface area contributed by atoms with E-state index in [0.717, 1.165) is 9.26 Å². The van der Waals surface area contributed by atoms with E-state index < -0.39 is 0 Å². The lowest BCUT2D eigenvalue weighted by molar-refractivity contribution is -0.116. The summed E-state index contributed by atoms with van der Waals surface area (Å²) < 4.78 is 2.61. The molecular weight excluding hydrogens is 319 g/mol. The summed E-state index contributed by atoms with van der Waals surface area (Å²) in [4.78, 5) is 15.3. The zero-order valence-electron chi connectivity index (χ0n) is 8.30. The van der Waals surface area contributed by atoms with E-state index in [1.165, 1.54) is 17.3 Å². The normalized spacial score (nSPS) is 10.1. The first-order valence-corrected chi connectivity index (χ1v) is 5.70. The van der Waals surface area contributed by atoms with Crippen molar-refractivity contribution >= 4 is 34.2 Å². The highest BCUT2D eigenvalue weighted by molar-refractivity contribution is 14.1. The third-order valence-corrected chi connectivity index (χ3v) is 2.62. The Balaban J connectivity index is 1.95. The van der Waals surface area contributed by atoms with E-state index in [1.54, 1.807) is 0 Å². The first-order chi connectivity index (χ1) is 7.74. The zero-order valence-corrected chi connectivity index (χ0v) is 10.5. The highest BCUT2D eigenvalue weighted by Crippen LogP contribution is 2.10. The van der Waals surface area contributed by atoms with E-state index in [2.05, 4.69) is 38.0 Å². The van der Waals surface area contributed by atoms with Gasteiger partial charge in [-0.25, -0.2) is 9.67 Å². The van der Waals surface area contributed by atoms with Crippen molar-refractivity contribution in [3.63, 3.8) is 0 Å². The molecule has 82 valence electrons. The lowest BCUT2D eigenvalue weighted by Gasteiger charge is -2.04. The Morgan fingerprint density at radius 1 is 1.38 bits per heavy atom. The third kappa shape index (κ3) is 3.02. The predicted molar refractivity (Wildman–Crippen MR) is 67.8 cm³/mol. The molecule has 1 heterocycles. The van der Waals surface area contributed by atoms with Crippen LogP contribution < -0.4 is 5.32 Å². The highest BCUT2D eigenvalue weighted by atomic mass is 127. The van der Waals surface area contributed by atoms with Crippen molar-refractivity contribution in [2.75, 3.05) is 5.32 Å². The number of anilines is 1. The van der Waals surface area contributed by atoms with Crippen LogP contribution >= 0.6 is 22.6 Å². The number of hydrogen-bond donors (Lipinski definition) is 1. The van der Waals surface area contributed by atoms with Crippen LogP contribution in [0.1, 0.15) is 0 Å². The monoisotopic (exact) mass is 328 g/mol. The van der Waals surface area contributed by atoms with Crippen LogP contribution in [-0.4, -0.2) is 20.7 Å². The topological polar surface area (TPSA) is 59.8 Å². The van der Waals surface area contributed by atoms with Gasteiger partial charge in [0.05, 0.1) is 0 Å². The SMILES string of the molecule is O=C(Cn1cncn1)Nc1ccc(I)cc1. The summed E-state index contributed by atoms with van der Waals surface area (Å²) >= 11 is 2.21. The van der Waals surface area contributed by atoms with E-state index in [4.69, 9.17) is 0 Å². The minimum atomic E-state index is -0.119. The fourth-order valence-corrected chi connectivity index (χ4v) is 1.55. The van der Waals surface area contributed by atoms with Gasteiger partial charge in [-0.15, -0.1) is 0 Å². The smallest absolute Gasteiger partial charge is 0.246 e. The Hall–Kier alpha value is -1.44. The van der Waals surface area contributed by atoms with E-state index in [0.29, 0.717) is 0 Å². The average Bonchev–Trinajstić information content (AvgIpc) is 2.74. The molecule has 2 aromatic rings. The average molecular weight is 328 g/mol. The van der Waals surface area contributed by atoms with Crippen molar-refractivity contribution in [1.29, 1.82) is 0 Å². The van der Waals surface area contributed by atoms with Gasteiger partial charge in [0.15, 0.2) is 0 Å². The molecular formula is C10H9IN4O. The molecule has 0 atom stereocenters. The number of amides is 1. The number of aromatic nitrogens is 3. The molecule has 1 aromatic carbocycles. The van der Waals surface area contributed by atoms with E-state index >= 15 is 0 Å². The molecule has 0 aliphatic rings. The first-order valence-electron chi connectivity index (χ1n) is 4.62. The number of carbonyl (C=O) groups excluding carboxylic acids is 1. The van der Waals surface area contributed by atoms with Gasteiger partial charge in [0.25, 0.3) is 0 Å². The minimum Gasteiger partial charge on any atom is -0.324 e. The number of nitrogens with one attached hydrogen (secondary N) is 1. The fraction of sp³-hybridized carbons (Fsp3) is 0.100. The van der Waals surface area contributed by atoms with Crippen LogP contribution in [0, 0.1) is 3.57 Å². The Bertz CT molecular complexity index is 466. The molecule has 0 bridgehead atoms. The van der Waals surface area contributed by atoms with Crippen LogP contribution in [-0.2, 0) is 11.3 Å². The summed E-state index contributed by atoms with van der Waals surface area (Å²) in [5.41, 5.74) is 0.783. The second-order valence-corrected chi connectivity index (χ2v) is 4.39. The molecule has 1 aromatic heterocycles. The molecule has 0 unspecified atom stereocenters. The number of rotatable bonds is 3. The van der Waals surface area contributed by atoms with Gasteiger partial charge in [0.1, 0.15) is 19.2 Å². The summed E-state index contributed by atoms with van der Waals surface area (Å²) in [5.74, 6) is -0.119. The molecule has 0 aliphatic carbocycles. The van der Waals surface area contributed by atoms with Gasteiger partial charge in [0, 0.05) is 9.26 Å². The van der Waals surface area contributed by atoms with Crippen LogP contribution in [0.3, 0.4) is 0 Å². The van der Waals surface area contributed by atoms with Crippen molar-refractivity contribution in [1.82, 2.24) is 14.8 Å². The maximum Gasteiger partial charge on any atom is 0.246 e. The minimum absolute atomic E-state index is 0.119. The molecule has 0 spiro atoms. The van der Waals surface area contributed by atoms with Crippen LogP contribution in [0.5, 0.6) is 0 Å². The van der Waals surface area contributed by atoms with Gasteiger partial charge in [0.2, 0.25) is 5.91 Å². The molecule has 0 saturated heterocycles. The highest BCUT2D eigenvalue weighted by Gasteiger charge is 2.03. The lowest BCUT2D eigenvalue weighted by Crippen LogP contribution is -2.18. The maximum atomic E-state index is 11.6. The molecule has 0 saturated carbocycles. The molecule has 1 N–H and O–H groups in total. The van der Waals surface area contributed by atoms with Gasteiger partial charge >= 0.3 is 0 Å². The first kappa shape index (κ1) is 11.1. The number of benzene rings is 1. The summed E-state index contributed by atoms with van der Waals surface area (Å²) in [6, 6.07) is 7.60. The van der Waals surface area contributed by atoms with Gasteiger partial charge in [-0.2, -0.15) is 5.10 Å². The van der Waals surface area contributed by atoms with Gasteiger partial charge < -0.3 is 5.32 Å². The van der Waals surface area contributed by atoms with Crippen molar-refractivity contribution < 1.29 is 4.79 Å². The molecule has 0 fully saturated rings. The summed E-state index contributed by atoms with van der Waals surface area (Å²) in [6.07, 6.45) is 2.91. The Kier molecular flexibility index (Phi) is 3.50. The van der Waals surface area contributed by atoms with Gasteiger partial charge in [-0.1, -0.05) is 0 Å². The molecule has 0 aliphatic heterocycles. The Labute approximate surface area is 106 Å². The van der Waals surface area contributed by atoms with E-state index in [1.807, 2.05) is 24.3 Å². The number of hydrogen-bond acceptors (Lipinski definition) is 3. The molecule has 5 nitrogen and oxygen atoms in total. The number of halogens is 1. The second-order valence-electron chi connectivity index (χ2n) is 3.15. The number of carbonyl (C=O) groups is 1. The summed E-state index contributed by atoms with van der Waals surface area (Å²) in [7, 11) is 0. The predicted octanol–water partition coefficient (Wildman–Crippen LogP) is 1.52. The maximum absolute atomic E-state index is 11.6. The molecule has 0 radical (unpaired) electrons. The second kappa shape index (κ2) is 5.06. The molecule has 2 rings (SSSR count). The van der Waals surface area contributed by atoms with E-state index in [9.17, 15) is 4.79 Å². The van der Waals surface area contributed by atoms with Gasteiger partial charge in [-0.05, 0) is 46.9 Å². The van der Waals surface area contributed by atoms with Crippen LogP contribution in [0.2, 0.25) is 0 Å². The van der Waals surface area contributed by atoms with Crippen LogP contribution in [0.15, 0.2) is 36.9 Å². The third-order valence-electron chi connectivity index (χ3n) is 1.90.